The highest BCUT2D eigenvalue weighted by Crippen LogP contribution is 2.23. The summed E-state index contributed by atoms with van der Waals surface area (Å²) < 4.78 is 0. The maximum absolute atomic E-state index is 10.5. The summed E-state index contributed by atoms with van der Waals surface area (Å²) in [5, 5.41) is 19.8. The number of alkyl halides is 1. The van der Waals surface area contributed by atoms with Crippen LogP contribution in [-0.4, -0.2) is 4.92 Å². The topological polar surface area (TPSA) is 66.9 Å². The van der Waals surface area contributed by atoms with E-state index in [0.717, 1.165) is 0 Å². The first-order chi connectivity index (χ1) is 6.60. The zero-order valence-corrected chi connectivity index (χ0v) is 9.04. The molecule has 1 aromatic rings. The van der Waals surface area contributed by atoms with Crippen molar-refractivity contribution in [2.24, 2.45) is 0 Å². The standard InChI is InChI=1S/C9H7BrN2O2/c1-6-2-8(12(13)14)3-7(4-10)9(6)5-11/h2-3H,4H2,1H3. The normalized spacial score (nSPS) is 9.50. The SMILES string of the molecule is Cc1cc([N+](=O)[O-])cc(CBr)c1C#N. The van der Waals surface area contributed by atoms with Gasteiger partial charge in [0.25, 0.3) is 5.69 Å². The molecule has 1 aromatic carbocycles. The Hall–Kier alpha value is -1.41. The Labute approximate surface area is 89.4 Å². The van der Waals surface area contributed by atoms with E-state index in [1.54, 1.807) is 6.92 Å². The molecule has 5 heteroatoms. The van der Waals surface area contributed by atoms with Crippen molar-refractivity contribution in [3.63, 3.8) is 0 Å². The molecule has 14 heavy (non-hydrogen) atoms. The van der Waals surface area contributed by atoms with Crippen LogP contribution in [0.2, 0.25) is 0 Å². The highest BCUT2D eigenvalue weighted by Gasteiger charge is 2.12. The summed E-state index contributed by atoms with van der Waals surface area (Å²) in [5.41, 5.74) is 1.82. The molecule has 1 rings (SSSR count). The molecule has 72 valence electrons. The van der Waals surface area contributed by atoms with Gasteiger partial charge >= 0.3 is 0 Å². The van der Waals surface area contributed by atoms with Crippen molar-refractivity contribution in [1.29, 1.82) is 5.26 Å². The van der Waals surface area contributed by atoms with Gasteiger partial charge in [0.15, 0.2) is 0 Å². The second kappa shape index (κ2) is 4.20. The van der Waals surface area contributed by atoms with Gasteiger partial charge < -0.3 is 0 Å². The van der Waals surface area contributed by atoms with E-state index < -0.39 is 4.92 Å². The Morgan fingerprint density at radius 3 is 2.71 bits per heavy atom. The summed E-state index contributed by atoms with van der Waals surface area (Å²) in [6.07, 6.45) is 0. The zero-order valence-electron chi connectivity index (χ0n) is 7.45. The molecule has 0 heterocycles. The number of halogens is 1. The average Bonchev–Trinajstić information content (AvgIpc) is 2.16. The zero-order chi connectivity index (χ0) is 10.7. The van der Waals surface area contributed by atoms with Crippen LogP contribution in [-0.2, 0) is 5.33 Å². The molecule has 0 saturated carbocycles. The van der Waals surface area contributed by atoms with E-state index in [0.29, 0.717) is 22.0 Å². The Morgan fingerprint density at radius 2 is 2.29 bits per heavy atom. The third kappa shape index (κ3) is 1.91. The number of benzene rings is 1. The molecule has 0 spiro atoms. The van der Waals surface area contributed by atoms with E-state index in [1.807, 2.05) is 6.07 Å². The van der Waals surface area contributed by atoms with Crippen molar-refractivity contribution in [3.05, 3.63) is 38.9 Å². The van der Waals surface area contributed by atoms with Gasteiger partial charge in [-0.1, -0.05) is 15.9 Å². The number of nitrogens with zero attached hydrogens (tertiary/aromatic N) is 2. The molecule has 0 aromatic heterocycles. The number of hydrogen-bond donors (Lipinski definition) is 0. The lowest BCUT2D eigenvalue weighted by atomic mass is 10.0. The molecule has 0 bridgehead atoms. The van der Waals surface area contributed by atoms with Crippen LogP contribution < -0.4 is 0 Å². The summed E-state index contributed by atoms with van der Waals surface area (Å²) in [6.45, 7) is 1.69. The molecule has 0 saturated heterocycles. The molecule has 0 unspecified atom stereocenters. The third-order valence-electron chi connectivity index (χ3n) is 1.87. The van der Waals surface area contributed by atoms with Gasteiger partial charge in [0.2, 0.25) is 0 Å². The van der Waals surface area contributed by atoms with Crippen LogP contribution in [0.3, 0.4) is 0 Å². The highest BCUT2D eigenvalue weighted by molar-refractivity contribution is 9.08. The molecular formula is C9H7BrN2O2. The van der Waals surface area contributed by atoms with E-state index >= 15 is 0 Å². The molecule has 0 amide bonds. The molecule has 0 fully saturated rings. The maximum atomic E-state index is 10.5. The smallest absolute Gasteiger partial charge is 0.258 e. The monoisotopic (exact) mass is 254 g/mol. The Bertz CT molecular complexity index is 424. The molecule has 4 nitrogen and oxygen atoms in total. The lowest BCUT2D eigenvalue weighted by Gasteiger charge is -2.03. The van der Waals surface area contributed by atoms with Crippen molar-refractivity contribution >= 4 is 21.6 Å². The van der Waals surface area contributed by atoms with Crippen LogP contribution in [0.15, 0.2) is 12.1 Å². The van der Waals surface area contributed by atoms with Crippen LogP contribution in [0.5, 0.6) is 0 Å². The van der Waals surface area contributed by atoms with Gasteiger partial charge in [0.05, 0.1) is 16.6 Å². The fraction of sp³-hybridized carbons (Fsp3) is 0.222. The Balaban J connectivity index is 3.40. The van der Waals surface area contributed by atoms with Gasteiger partial charge in [-0.3, -0.25) is 10.1 Å². The van der Waals surface area contributed by atoms with Crippen LogP contribution in [0, 0.1) is 28.4 Å². The summed E-state index contributed by atoms with van der Waals surface area (Å²) in [6, 6.07) is 4.85. The quantitative estimate of drug-likeness (QED) is 0.463. The molecular weight excluding hydrogens is 248 g/mol. The van der Waals surface area contributed by atoms with Crippen LogP contribution in [0.25, 0.3) is 0 Å². The number of hydrogen-bond acceptors (Lipinski definition) is 3. The van der Waals surface area contributed by atoms with Gasteiger partial charge in [0, 0.05) is 17.5 Å². The van der Waals surface area contributed by atoms with Crippen LogP contribution >= 0.6 is 15.9 Å². The lowest BCUT2D eigenvalue weighted by Crippen LogP contribution is -1.95. The number of nitro groups is 1. The second-order valence-corrected chi connectivity index (χ2v) is 3.36. The first-order valence-electron chi connectivity index (χ1n) is 3.84. The average molecular weight is 255 g/mol. The van der Waals surface area contributed by atoms with E-state index in [-0.39, 0.29) is 5.69 Å². The predicted molar refractivity (Wildman–Crippen MR) is 55.2 cm³/mol. The summed E-state index contributed by atoms with van der Waals surface area (Å²) in [5.74, 6) is 0. The van der Waals surface area contributed by atoms with Crippen molar-refractivity contribution < 1.29 is 4.92 Å². The molecule has 0 radical (unpaired) electrons. The molecule has 0 aliphatic rings. The van der Waals surface area contributed by atoms with Crippen LogP contribution in [0.1, 0.15) is 16.7 Å². The largest absolute Gasteiger partial charge is 0.270 e. The number of nitriles is 1. The number of rotatable bonds is 2. The summed E-state index contributed by atoms with van der Waals surface area (Å²) in [7, 11) is 0. The van der Waals surface area contributed by atoms with Gasteiger partial charge in [-0.25, -0.2) is 0 Å². The molecule has 0 aliphatic heterocycles. The van der Waals surface area contributed by atoms with Gasteiger partial charge in [-0.15, -0.1) is 0 Å². The Morgan fingerprint density at radius 1 is 1.64 bits per heavy atom. The van der Waals surface area contributed by atoms with Crippen molar-refractivity contribution in [2.75, 3.05) is 0 Å². The first-order valence-corrected chi connectivity index (χ1v) is 4.96. The fourth-order valence-corrected chi connectivity index (χ4v) is 1.65. The van der Waals surface area contributed by atoms with Gasteiger partial charge in [-0.05, 0) is 18.1 Å². The number of nitro benzene ring substituents is 1. The second-order valence-electron chi connectivity index (χ2n) is 2.80. The van der Waals surface area contributed by atoms with E-state index in [9.17, 15) is 10.1 Å². The summed E-state index contributed by atoms with van der Waals surface area (Å²) in [4.78, 5) is 10.1. The van der Waals surface area contributed by atoms with Crippen molar-refractivity contribution in [2.45, 2.75) is 12.3 Å². The van der Waals surface area contributed by atoms with Crippen molar-refractivity contribution in [1.82, 2.24) is 0 Å². The van der Waals surface area contributed by atoms with Gasteiger partial charge in [0.1, 0.15) is 0 Å². The third-order valence-corrected chi connectivity index (χ3v) is 2.47. The van der Waals surface area contributed by atoms with Crippen LogP contribution in [0.4, 0.5) is 5.69 Å². The van der Waals surface area contributed by atoms with Gasteiger partial charge in [-0.2, -0.15) is 5.26 Å². The van der Waals surface area contributed by atoms with Crippen molar-refractivity contribution in [3.8, 4) is 6.07 Å². The molecule has 0 N–H and O–H groups in total. The van der Waals surface area contributed by atoms with E-state index in [4.69, 9.17) is 5.26 Å². The number of non-ortho nitro benzene ring substituents is 1. The minimum Gasteiger partial charge on any atom is -0.258 e. The van der Waals surface area contributed by atoms with E-state index in [2.05, 4.69) is 15.9 Å². The summed E-state index contributed by atoms with van der Waals surface area (Å²) >= 11 is 3.19. The van der Waals surface area contributed by atoms with E-state index in [1.165, 1.54) is 12.1 Å². The first kappa shape index (κ1) is 10.7. The minimum absolute atomic E-state index is 0.0240. The molecule has 0 aliphatic carbocycles. The molecule has 0 atom stereocenters. The fourth-order valence-electron chi connectivity index (χ4n) is 1.21. The predicted octanol–water partition coefficient (Wildman–Crippen LogP) is 2.67. The lowest BCUT2D eigenvalue weighted by molar-refractivity contribution is -0.385. The minimum atomic E-state index is -0.458. The number of aryl methyl sites for hydroxylation is 1. The Kier molecular flexibility index (Phi) is 3.20. The maximum Gasteiger partial charge on any atom is 0.270 e. The highest BCUT2D eigenvalue weighted by atomic mass is 79.9.